The first-order valence-electron chi connectivity index (χ1n) is 6.29. The van der Waals surface area contributed by atoms with E-state index in [1.54, 1.807) is 10.4 Å². The Balaban J connectivity index is 1.97. The van der Waals surface area contributed by atoms with Crippen molar-refractivity contribution >= 4 is 11.3 Å². The molecule has 88 valence electrons. The number of hydrogen-bond acceptors (Lipinski definition) is 2. The smallest absolute Gasteiger partial charge is 0.0390 e. The molecule has 2 N–H and O–H groups in total. The molecule has 0 saturated carbocycles. The van der Waals surface area contributed by atoms with E-state index in [1.165, 1.54) is 30.6 Å². The molecule has 0 amide bonds. The van der Waals surface area contributed by atoms with Crippen molar-refractivity contribution in [2.75, 3.05) is 0 Å². The summed E-state index contributed by atoms with van der Waals surface area (Å²) in [4.78, 5) is 3.00. The predicted molar refractivity (Wildman–Crippen MR) is 71.9 cm³/mol. The highest BCUT2D eigenvalue weighted by atomic mass is 32.1. The summed E-state index contributed by atoms with van der Waals surface area (Å²) >= 11 is 1.95. The Labute approximate surface area is 102 Å². The molecule has 1 aromatic heterocycles. The Morgan fingerprint density at radius 3 is 3.00 bits per heavy atom. The normalized spacial score (nSPS) is 16.8. The summed E-state index contributed by atoms with van der Waals surface area (Å²) in [5.74, 6) is 0. The van der Waals surface area contributed by atoms with Crippen molar-refractivity contribution in [2.45, 2.75) is 51.0 Å². The molecular weight excluding hydrogens is 214 g/mol. The van der Waals surface area contributed by atoms with Crippen molar-refractivity contribution < 1.29 is 0 Å². The van der Waals surface area contributed by atoms with Gasteiger partial charge in [0.15, 0.2) is 0 Å². The predicted octanol–water partition coefficient (Wildman–Crippen LogP) is 3.98. The minimum absolute atomic E-state index is 0.246. The Hall–Kier alpha value is -0.600. The molecule has 1 aliphatic carbocycles. The Morgan fingerprint density at radius 2 is 2.25 bits per heavy atom. The van der Waals surface area contributed by atoms with Crippen molar-refractivity contribution in [1.82, 2.24) is 0 Å². The molecule has 0 bridgehead atoms. The molecular formula is C14H21NS. The molecule has 0 aromatic carbocycles. The van der Waals surface area contributed by atoms with Crippen LogP contribution in [0.15, 0.2) is 18.7 Å². The average molecular weight is 235 g/mol. The molecule has 0 fully saturated rings. The van der Waals surface area contributed by atoms with Crippen LogP contribution in [-0.4, -0.2) is 0 Å². The number of fused-ring (bicyclic) bond motifs is 1. The average Bonchev–Trinajstić information content (AvgIpc) is 2.73. The van der Waals surface area contributed by atoms with Gasteiger partial charge in [-0.1, -0.05) is 6.08 Å². The van der Waals surface area contributed by atoms with Gasteiger partial charge >= 0.3 is 0 Å². The molecule has 2 rings (SSSR count). The zero-order valence-electron chi connectivity index (χ0n) is 9.87. The van der Waals surface area contributed by atoms with Crippen LogP contribution in [0.4, 0.5) is 0 Å². The van der Waals surface area contributed by atoms with Gasteiger partial charge in [-0.15, -0.1) is 17.9 Å². The topological polar surface area (TPSA) is 26.0 Å². The second-order valence-electron chi connectivity index (χ2n) is 4.63. The van der Waals surface area contributed by atoms with Gasteiger partial charge in [0.25, 0.3) is 0 Å². The molecule has 1 aromatic rings. The van der Waals surface area contributed by atoms with Gasteiger partial charge in [0.05, 0.1) is 0 Å². The minimum Gasteiger partial charge on any atom is -0.323 e. The zero-order valence-corrected chi connectivity index (χ0v) is 10.7. The van der Waals surface area contributed by atoms with E-state index < -0.39 is 0 Å². The van der Waals surface area contributed by atoms with E-state index in [0.29, 0.717) is 0 Å². The first-order chi connectivity index (χ1) is 7.81. The van der Waals surface area contributed by atoms with Crippen LogP contribution in [0.5, 0.6) is 0 Å². The largest absolute Gasteiger partial charge is 0.323 e. The van der Waals surface area contributed by atoms with Crippen LogP contribution in [0.3, 0.4) is 0 Å². The first-order valence-corrected chi connectivity index (χ1v) is 7.11. The molecule has 0 saturated heterocycles. The molecule has 2 heteroatoms. The van der Waals surface area contributed by atoms with Gasteiger partial charge in [-0.05, 0) is 56.6 Å². The number of allylic oxidation sites excluding steroid dienone is 1. The van der Waals surface area contributed by atoms with Crippen molar-refractivity contribution in [2.24, 2.45) is 5.73 Å². The summed E-state index contributed by atoms with van der Waals surface area (Å²) in [6.07, 6.45) is 10.6. The van der Waals surface area contributed by atoms with Gasteiger partial charge in [0, 0.05) is 15.8 Å². The second-order valence-corrected chi connectivity index (χ2v) is 5.80. The number of hydrogen-bond donors (Lipinski definition) is 1. The van der Waals surface area contributed by atoms with E-state index in [-0.39, 0.29) is 6.04 Å². The molecule has 1 unspecified atom stereocenters. The summed E-state index contributed by atoms with van der Waals surface area (Å²) in [6.45, 7) is 3.75. The van der Waals surface area contributed by atoms with Crippen LogP contribution < -0.4 is 5.73 Å². The highest BCUT2D eigenvalue weighted by Gasteiger charge is 2.16. The molecule has 0 radical (unpaired) electrons. The fourth-order valence-electron chi connectivity index (χ4n) is 2.32. The number of thiophene rings is 1. The van der Waals surface area contributed by atoms with Gasteiger partial charge in [-0.25, -0.2) is 0 Å². The maximum Gasteiger partial charge on any atom is 0.0390 e. The number of nitrogens with two attached hydrogens (primary N) is 1. The fourth-order valence-corrected chi connectivity index (χ4v) is 3.61. The zero-order chi connectivity index (χ0) is 11.4. The molecule has 1 heterocycles. The second kappa shape index (κ2) is 5.65. The van der Waals surface area contributed by atoms with Crippen LogP contribution in [-0.2, 0) is 12.8 Å². The van der Waals surface area contributed by atoms with E-state index in [9.17, 15) is 0 Å². The van der Waals surface area contributed by atoms with Crippen LogP contribution in [0.25, 0.3) is 0 Å². The standard InChI is InChI=1S/C14H21NS/c1-2-3-4-8-12(15)14-10-11-7-5-6-9-13(11)16-14/h2,10,12H,1,3-9,15H2. The third-order valence-electron chi connectivity index (χ3n) is 3.30. The van der Waals surface area contributed by atoms with Crippen molar-refractivity contribution in [3.63, 3.8) is 0 Å². The first kappa shape index (κ1) is 11.9. The molecule has 1 atom stereocenters. The quantitative estimate of drug-likeness (QED) is 0.606. The van der Waals surface area contributed by atoms with Crippen LogP contribution in [0.2, 0.25) is 0 Å². The highest BCUT2D eigenvalue weighted by molar-refractivity contribution is 7.12. The van der Waals surface area contributed by atoms with Gasteiger partial charge < -0.3 is 5.73 Å². The van der Waals surface area contributed by atoms with E-state index in [0.717, 1.165) is 19.3 Å². The van der Waals surface area contributed by atoms with Crippen molar-refractivity contribution in [3.05, 3.63) is 34.0 Å². The monoisotopic (exact) mass is 235 g/mol. The molecule has 0 aliphatic heterocycles. The van der Waals surface area contributed by atoms with Crippen LogP contribution in [0, 0.1) is 0 Å². The summed E-state index contributed by atoms with van der Waals surface area (Å²) in [5.41, 5.74) is 7.80. The van der Waals surface area contributed by atoms with Crippen LogP contribution in [0.1, 0.15) is 53.5 Å². The van der Waals surface area contributed by atoms with Gasteiger partial charge in [-0.2, -0.15) is 0 Å². The van der Waals surface area contributed by atoms with Gasteiger partial charge in [-0.3, -0.25) is 0 Å². The maximum absolute atomic E-state index is 6.22. The third-order valence-corrected chi connectivity index (χ3v) is 4.67. The van der Waals surface area contributed by atoms with E-state index >= 15 is 0 Å². The lowest BCUT2D eigenvalue weighted by atomic mass is 9.98. The maximum atomic E-state index is 6.22. The Kier molecular flexibility index (Phi) is 4.19. The van der Waals surface area contributed by atoms with E-state index in [2.05, 4.69) is 12.6 Å². The van der Waals surface area contributed by atoms with Crippen LogP contribution >= 0.6 is 11.3 Å². The van der Waals surface area contributed by atoms with E-state index in [1.807, 2.05) is 17.4 Å². The summed E-state index contributed by atoms with van der Waals surface area (Å²) in [5, 5.41) is 0. The molecule has 0 spiro atoms. The van der Waals surface area contributed by atoms with Gasteiger partial charge in [0.2, 0.25) is 0 Å². The SMILES string of the molecule is C=CCCCC(N)c1cc2c(s1)CCCC2. The number of aryl methyl sites for hydroxylation is 2. The Bertz CT molecular complexity index is 330. The highest BCUT2D eigenvalue weighted by Crippen LogP contribution is 2.33. The van der Waals surface area contributed by atoms with Crippen molar-refractivity contribution in [1.29, 1.82) is 0 Å². The van der Waals surface area contributed by atoms with Crippen molar-refractivity contribution in [3.8, 4) is 0 Å². The molecule has 16 heavy (non-hydrogen) atoms. The Morgan fingerprint density at radius 1 is 1.44 bits per heavy atom. The summed E-state index contributed by atoms with van der Waals surface area (Å²) in [6, 6.07) is 2.60. The van der Waals surface area contributed by atoms with Gasteiger partial charge in [0.1, 0.15) is 0 Å². The third kappa shape index (κ3) is 2.74. The number of unbranched alkanes of at least 4 members (excludes halogenated alkanes) is 1. The lowest BCUT2D eigenvalue weighted by Gasteiger charge is -2.08. The van der Waals surface area contributed by atoms with E-state index in [4.69, 9.17) is 5.73 Å². The lowest BCUT2D eigenvalue weighted by Crippen LogP contribution is -2.07. The molecule has 1 nitrogen and oxygen atoms in total. The summed E-state index contributed by atoms with van der Waals surface area (Å²) < 4.78 is 0. The summed E-state index contributed by atoms with van der Waals surface area (Å²) in [7, 11) is 0. The number of rotatable bonds is 5. The fraction of sp³-hybridized carbons (Fsp3) is 0.571. The minimum atomic E-state index is 0.246. The molecule has 1 aliphatic rings. The lowest BCUT2D eigenvalue weighted by molar-refractivity contribution is 0.625.